The molecule has 1 fully saturated rings. The van der Waals surface area contributed by atoms with Crippen LogP contribution in [0.3, 0.4) is 0 Å². The quantitative estimate of drug-likeness (QED) is 0.922. The van der Waals surface area contributed by atoms with Crippen molar-refractivity contribution in [2.75, 3.05) is 33.7 Å². The number of halogens is 2. The van der Waals surface area contributed by atoms with Gasteiger partial charge in [0.2, 0.25) is 5.91 Å². The van der Waals surface area contributed by atoms with Crippen LogP contribution in [0.1, 0.15) is 24.5 Å². The predicted molar refractivity (Wildman–Crippen MR) is 79.2 cm³/mol. The van der Waals surface area contributed by atoms with Crippen LogP contribution in [-0.4, -0.2) is 54.5 Å². The number of nitrogens with zero attached hydrogens (tertiary/aromatic N) is 2. The monoisotopic (exact) mass is 312 g/mol. The van der Waals surface area contributed by atoms with Crippen LogP contribution in [0.25, 0.3) is 0 Å². The van der Waals surface area contributed by atoms with Crippen LogP contribution in [0, 0.1) is 17.6 Å². The standard InChI is InChI=1S/C16H22F2N2O2/c1-19(2)16(22)11-4-3-7-20(9-11)10-15(21)13-6-5-12(17)8-14(13)18/h5-6,8,11,15,21H,3-4,7,9-10H2,1-2H3. The molecule has 2 rings (SSSR count). The van der Waals surface area contributed by atoms with Gasteiger partial charge in [-0.1, -0.05) is 6.07 Å². The Labute approximate surface area is 129 Å². The van der Waals surface area contributed by atoms with Crippen LogP contribution < -0.4 is 0 Å². The average molecular weight is 312 g/mol. The third-order valence-electron chi connectivity index (χ3n) is 4.05. The van der Waals surface area contributed by atoms with Crippen LogP contribution in [0.2, 0.25) is 0 Å². The Morgan fingerprint density at radius 2 is 2.18 bits per heavy atom. The third-order valence-corrected chi connectivity index (χ3v) is 4.05. The highest BCUT2D eigenvalue weighted by Gasteiger charge is 2.28. The van der Waals surface area contributed by atoms with E-state index in [-0.39, 0.29) is 23.9 Å². The summed E-state index contributed by atoms with van der Waals surface area (Å²) in [5.41, 5.74) is 0.0856. The topological polar surface area (TPSA) is 43.8 Å². The molecule has 0 aromatic heterocycles. The van der Waals surface area contributed by atoms with E-state index in [0.29, 0.717) is 6.54 Å². The summed E-state index contributed by atoms with van der Waals surface area (Å²) in [4.78, 5) is 15.6. The molecular formula is C16H22F2N2O2. The molecule has 2 unspecified atom stereocenters. The Kier molecular flexibility index (Phi) is 5.47. The van der Waals surface area contributed by atoms with Gasteiger partial charge in [0.1, 0.15) is 11.6 Å². The van der Waals surface area contributed by atoms with E-state index in [1.54, 1.807) is 19.0 Å². The predicted octanol–water partition coefficient (Wildman–Crippen LogP) is 1.80. The SMILES string of the molecule is CN(C)C(=O)C1CCCN(CC(O)c2ccc(F)cc2F)C1. The highest BCUT2D eigenvalue weighted by molar-refractivity contribution is 5.78. The van der Waals surface area contributed by atoms with Crippen molar-refractivity contribution in [1.82, 2.24) is 9.80 Å². The number of aliphatic hydroxyl groups excluding tert-OH is 1. The number of likely N-dealkylation sites (tertiary alicyclic amines) is 1. The van der Waals surface area contributed by atoms with Crippen molar-refractivity contribution >= 4 is 5.91 Å². The first-order valence-electron chi connectivity index (χ1n) is 7.45. The fourth-order valence-electron chi connectivity index (χ4n) is 2.90. The van der Waals surface area contributed by atoms with Gasteiger partial charge in [0.15, 0.2) is 0 Å². The smallest absolute Gasteiger partial charge is 0.226 e. The molecule has 122 valence electrons. The van der Waals surface area contributed by atoms with Gasteiger partial charge in [-0.05, 0) is 25.5 Å². The first-order valence-corrected chi connectivity index (χ1v) is 7.45. The molecule has 1 aromatic rings. The van der Waals surface area contributed by atoms with Crippen molar-refractivity contribution in [2.24, 2.45) is 5.92 Å². The number of carbonyl (C=O) groups excluding carboxylic acids is 1. The fraction of sp³-hybridized carbons (Fsp3) is 0.562. The van der Waals surface area contributed by atoms with E-state index in [9.17, 15) is 18.7 Å². The van der Waals surface area contributed by atoms with Gasteiger partial charge >= 0.3 is 0 Å². The summed E-state index contributed by atoms with van der Waals surface area (Å²) in [6.45, 7) is 1.55. The normalized spacial score (nSPS) is 20.7. The molecule has 1 aliphatic rings. The molecule has 1 amide bonds. The van der Waals surface area contributed by atoms with E-state index in [1.165, 1.54) is 6.07 Å². The van der Waals surface area contributed by atoms with E-state index in [4.69, 9.17) is 0 Å². The molecule has 0 bridgehead atoms. The van der Waals surface area contributed by atoms with E-state index in [0.717, 1.165) is 31.5 Å². The molecule has 1 aliphatic heterocycles. The summed E-state index contributed by atoms with van der Waals surface area (Å²) in [6, 6.07) is 3.17. The maximum absolute atomic E-state index is 13.7. The molecule has 22 heavy (non-hydrogen) atoms. The zero-order chi connectivity index (χ0) is 16.3. The van der Waals surface area contributed by atoms with Crippen LogP contribution >= 0.6 is 0 Å². The number of hydrogen-bond donors (Lipinski definition) is 1. The van der Waals surface area contributed by atoms with E-state index >= 15 is 0 Å². The summed E-state index contributed by atoms with van der Waals surface area (Å²) in [6.07, 6.45) is 0.658. The van der Waals surface area contributed by atoms with Gasteiger partial charge in [0.05, 0.1) is 12.0 Å². The number of benzene rings is 1. The number of aliphatic hydroxyl groups is 1. The largest absolute Gasteiger partial charge is 0.387 e. The van der Waals surface area contributed by atoms with Gasteiger partial charge in [-0.15, -0.1) is 0 Å². The van der Waals surface area contributed by atoms with Gasteiger partial charge in [-0.3, -0.25) is 9.69 Å². The van der Waals surface area contributed by atoms with Crippen molar-refractivity contribution in [1.29, 1.82) is 0 Å². The average Bonchev–Trinajstić information content (AvgIpc) is 2.46. The number of rotatable bonds is 4. The van der Waals surface area contributed by atoms with Crippen molar-refractivity contribution in [3.8, 4) is 0 Å². The molecule has 1 N–H and O–H groups in total. The van der Waals surface area contributed by atoms with Crippen LogP contribution in [0.5, 0.6) is 0 Å². The first kappa shape index (κ1) is 16.8. The first-order chi connectivity index (χ1) is 10.4. The second-order valence-corrected chi connectivity index (χ2v) is 6.01. The van der Waals surface area contributed by atoms with Gasteiger partial charge in [-0.25, -0.2) is 8.78 Å². The molecular weight excluding hydrogens is 290 g/mol. The Bertz CT molecular complexity index is 537. The minimum absolute atomic E-state index is 0.0761. The minimum atomic E-state index is -1.03. The zero-order valence-corrected chi connectivity index (χ0v) is 12.9. The number of amides is 1. The molecule has 1 aromatic carbocycles. The van der Waals surface area contributed by atoms with Crippen LogP contribution in [0.15, 0.2) is 18.2 Å². The molecule has 0 aliphatic carbocycles. The summed E-state index contributed by atoms with van der Waals surface area (Å²) in [5, 5.41) is 10.2. The lowest BCUT2D eigenvalue weighted by Crippen LogP contribution is -2.44. The van der Waals surface area contributed by atoms with Crippen LogP contribution in [-0.2, 0) is 4.79 Å². The molecule has 1 heterocycles. The summed E-state index contributed by atoms with van der Waals surface area (Å²) in [7, 11) is 3.45. The Hall–Kier alpha value is -1.53. The minimum Gasteiger partial charge on any atom is -0.387 e. The fourth-order valence-corrected chi connectivity index (χ4v) is 2.90. The highest BCUT2D eigenvalue weighted by Crippen LogP contribution is 2.23. The Morgan fingerprint density at radius 3 is 2.82 bits per heavy atom. The maximum Gasteiger partial charge on any atom is 0.226 e. The van der Waals surface area contributed by atoms with Gasteiger partial charge in [-0.2, -0.15) is 0 Å². The number of piperidine rings is 1. The lowest BCUT2D eigenvalue weighted by molar-refractivity contribution is -0.134. The van der Waals surface area contributed by atoms with Crippen molar-refractivity contribution in [3.63, 3.8) is 0 Å². The third kappa shape index (κ3) is 4.01. The number of carbonyl (C=O) groups is 1. The summed E-state index contributed by atoms with van der Waals surface area (Å²) >= 11 is 0. The van der Waals surface area contributed by atoms with E-state index in [1.807, 2.05) is 4.90 Å². The Morgan fingerprint density at radius 1 is 1.45 bits per heavy atom. The van der Waals surface area contributed by atoms with Crippen molar-refractivity contribution < 1.29 is 18.7 Å². The summed E-state index contributed by atoms with van der Waals surface area (Å²) < 4.78 is 26.6. The Balaban J connectivity index is 1.99. The molecule has 0 radical (unpaired) electrons. The highest BCUT2D eigenvalue weighted by atomic mass is 19.1. The lowest BCUT2D eigenvalue weighted by atomic mass is 9.96. The summed E-state index contributed by atoms with van der Waals surface area (Å²) in [5.74, 6) is -1.42. The van der Waals surface area contributed by atoms with E-state index in [2.05, 4.69) is 0 Å². The number of β-amino-alcohol motifs (C(OH)–C–C–N with tert-alkyl or cyclic N) is 1. The second-order valence-electron chi connectivity index (χ2n) is 6.01. The molecule has 2 atom stereocenters. The van der Waals surface area contributed by atoms with Gasteiger partial charge in [0.25, 0.3) is 0 Å². The van der Waals surface area contributed by atoms with Crippen molar-refractivity contribution in [2.45, 2.75) is 18.9 Å². The molecule has 4 nitrogen and oxygen atoms in total. The van der Waals surface area contributed by atoms with E-state index < -0.39 is 17.7 Å². The van der Waals surface area contributed by atoms with Gasteiger partial charge in [0, 0.05) is 38.8 Å². The zero-order valence-electron chi connectivity index (χ0n) is 12.9. The molecule has 1 saturated heterocycles. The molecule has 0 spiro atoms. The van der Waals surface area contributed by atoms with Crippen LogP contribution in [0.4, 0.5) is 8.78 Å². The lowest BCUT2D eigenvalue weighted by Gasteiger charge is -2.34. The molecule has 0 saturated carbocycles. The van der Waals surface area contributed by atoms with Crippen molar-refractivity contribution in [3.05, 3.63) is 35.4 Å². The number of hydrogen-bond acceptors (Lipinski definition) is 3. The second kappa shape index (κ2) is 7.15. The van der Waals surface area contributed by atoms with Gasteiger partial charge < -0.3 is 10.0 Å². The molecule has 6 heteroatoms. The maximum atomic E-state index is 13.7.